The van der Waals surface area contributed by atoms with Crippen LogP contribution in [0.15, 0.2) is 18.2 Å². The normalized spacial score (nSPS) is 22.0. The van der Waals surface area contributed by atoms with E-state index in [1.807, 2.05) is 6.07 Å². The standard InChI is InChI=1S/C14H17N3O/c1-16-9-3-5-13-11(7-9)10-6-8(14(15)18)2-4-12(10)17-13/h2,4,6,9,16-17H,3,5,7H2,1H3,(H2,15,18)/t9-/m1/s1/i1+1D3. The first-order valence-corrected chi connectivity index (χ1v) is 6.04. The molecule has 0 radical (unpaired) electrons. The Morgan fingerprint density at radius 3 is 3.28 bits per heavy atom. The minimum Gasteiger partial charge on any atom is -0.366 e. The molecule has 1 aromatic carbocycles. The van der Waals surface area contributed by atoms with Crippen LogP contribution < -0.4 is 11.1 Å². The number of aromatic nitrogens is 1. The number of H-pyrrole nitrogens is 1. The molecule has 1 amide bonds. The summed E-state index contributed by atoms with van der Waals surface area (Å²) in [7, 11) is 0. The maximum absolute atomic E-state index is 11.3. The molecule has 1 atom stereocenters. The van der Waals surface area contributed by atoms with Gasteiger partial charge in [-0.3, -0.25) is 4.79 Å². The fraction of sp³-hybridized carbons (Fsp3) is 0.357. The predicted octanol–water partition coefficient (Wildman–Crippen LogP) is 1.34. The van der Waals surface area contributed by atoms with Crippen LogP contribution >= 0.6 is 0 Å². The number of primary amides is 1. The van der Waals surface area contributed by atoms with Gasteiger partial charge < -0.3 is 16.0 Å². The molecule has 4 heteroatoms. The number of aromatic amines is 1. The third-order valence-corrected chi connectivity index (χ3v) is 3.68. The Morgan fingerprint density at radius 1 is 1.61 bits per heavy atom. The Labute approximate surface area is 110 Å². The molecule has 2 aromatic rings. The summed E-state index contributed by atoms with van der Waals surface area (Å²) in [5.41, 5.74) is 8.95. The van der Waals surface area contributed by atoms with Crippen LogP contribution in [-0.4, -0.2) is 23.9 Å². The lowest BCUT2D eigenvalue weighted by Crippen LogP contribution is -2.31. The van der Waals surface area contributed by atoms with E-state index in [1.54, 1.807) is 12.1 Å². The summed E-state index contributed by atoms with van der Waals surface area (Å²) in [5.74, 6) is -0.458. The highest BCUT2D eigenvalue weighted by Crippen LogP contribution is 2.29. The molecule has 0 bridgehead atoms. The minimum absolute atomic E-state index is 0.0822. The zero-order valence-corrected chi connectivity index (χ0v) is 9.92. The van der Waals surface area contributed by atoms with Gasteiger partial charge in [-0.25, -0.2) is 0 Å². The van der Waals surface area contributed by atoms with Gasteiger partial charge in [0.2, 0.25) is 5.91 Å². The molecule has 18 heavy (non-hydrogen) atoms. The first kappa shape index (κ1) is 8.32. The number of carbonyl (C=O) groups is 1. The van der Waals surface area contributed by atoms with Crippen LogP contribution in [0.25, 0.3) is 10.9 Å². The van der Waals surface area contributed by atoms with Crippen LogP contribution in [0.4, 0.5) is 0 Å². The van der Waals surface area contributed by atoms with Crippen molar-refractivity contribution >= 4 is 16.8 Å². The number of benzene rings is 1. The fourth-order valence-corrected chi connectivity index (χ4v) is 2.69. The Hall–Kier alpha value is -1.81. The molecule has 3 rings (SSSR count). The van der Waals surface area contributed by atoms with E-state index in [1.165, 1.54) is 0 Å². The Bertz CT molecular complexity index is 705. The van der Waals surface area contributed by atoms with E-state index in [4.69, 9.17) is 9.85 Å². The molecule has 0 fully saturated rings. The molecule has 0 saturated heterocycles. The third kappa shape index (κ3) is 1.69. The van der Waals surface area contributed by atoms with Crippen molar-refractivity contribution in [3.8, 4) is 0 Å². The second-order valence-electron chi connectivity index (χ2n) is 4.79. The van der Waals surface area contributed by atoms with E-state index in [0.29, 0.717) is 12.0 Å². The third-order valence-electron chi connectivity index (χ3n) is 3.68. The quantitative estimate of drug-likeness (QED) is 0.701. The SMILES string of the molecule is [2H][13C]([2H])([2H])N[C@@H]1CCc2[nH]c3ccc(C(N)=O)cc3c2C1. The predicted molar refractivity (Wildman–Crippen MR) is 71.7 cm³/mol. The molecule has 0 aliphatic heterocycles. The zero-order valence-electron chi connectivity index (χ0n) is 12.9. The van der Waals surface area contributed by atoms with Crippen LogP contribution in [0.3, 0.4) is 0 Å². The molecule has 1 aromatic heterocycles. The van der Waals surface area contributed by atoms with Gasteiger partial charge in [0.15, 0.2) is 0 Å². The number of nitrogens with two attached hydrogens (primary N) is 1. The van der Waals surface area contributed by atoms with Gasteiger partial charge in [0, 0.05) is 32.3 Å². The van der Waals surface area contributed by atoms with E-state index in [2.05, 4.69) is 10.3 Å². The van der Waals surface area contributed by atoms with Crippen LogP contribution in [0.1, 0.15) is 32.1 Å². The number of nitrogens with one attached hydrogen (secondary N) is 2. The maximum atomic E-state index is 11.3. The maximum Gasteiger partial charge on any atom is 0.248 e. The molecule has 1 aliphatic rings. The number of carbonyl (C=O) groups excluding carboxylic acids is 1. The highest BCUT2D eigenvalue weighted by Gasteiger charge is 2.21. The number of amides is 1. The zero-order chi connectivity index (χ0) is 15.2. The number of rotatable bonds is 2. The average molecular weight is 247 g/mol. The molecule has 4 nitrogen and oxygen atoms in total. The summed E-state index contributed by atoms with van der Waals surface area (Å²) in [4.78, 5) is 14.7. The van der Waals surface area contributed by atoms with Crippen LogP contribution in [0.2, 0.25) is 0 Å². The summed E-state index contributed by atoms with van der Waals surface area (Å²) < 4.78 is 22.0. The molecule has 0 unspecified atom stereocenters. The van der Waals surface area contributed by atoms with Crippen molar-refractivity contribution in [2.75, 3.05) is 6.98 Å². The lowest BCUT2D eigenvalue weighted by atomic mass is 9.91. The second-order valence-corrected chi connectivity index (χ2v) is 4.79. The van der Waals surface area contributed by atoms with E-state index in [-0.39, 0.29) is 6.04 Å². The molecule has 0 saturated carbocycles. The molecular weight excluding hydrogens is 227 g/mol. The van der Waals surface area contributed by atoms with Gasteiger partial charge in [0.1, 0.15) is 0 Å². The van der Waals surface area contributed by atoms with Gasteiger partial charge in [-0.05, 0) is 50.0 Å². The van der Waals surface area contributed by atoms with E-state index >= 15 is 0 Å². The highest BCUT2D eigenvalue weighted by atomic mass is 16.1. The monoisotopic (exact) mass is 247 g/mol. The van der Waals surface area contributed by atoms with Gasteiger partial charge in [-0.1, -0.05) is 0 Å². The Balaban J connectivity index is 1.97. The van der Waals surface area contributed by atoms with Crippen molar-refractivity contribution in [1.82, 2.24) is 10.3 Å². The topological polar surface area (TPSA) is 70.9 Å². The summed E-state index contributed by atoms with van der Waals surface area (Å²) in [5, 5.41) is 3.64. The van der Waals surface area contributed by atoms with Crippen molar-refractivity contribution < 1.29 is 8.91 Å². The van der Waals surface area contributed by atoms with Gasteiger partial charge in [-0.15, -0.1) is 0 Å². The van der Waals surface area contributed by atoms with Gasteiger partial charge >= 0.3 is 0 Å². The minimum atomic E-state index is -2.13. The molecular formula is C14H17N3O. The van der Waals surface area contributed by atoms with Crippen molar-refractivity contribution in [2.45, 2.75) is 25.3 Å². The first-order chi connectivity index (χ1) is 9.83. The van der Waals surface area contributed by atoms with Crippen LogP contribution in [0.5, 0.6) is 0 Å². The number of likely N-dealkylation sites (N-methyl/N-ethyl adjacent to an activating group) is 1. The smallest absolute Gasteiger partial charge is 0.248 e. The number of hydrogen-bond donors (Lipinski definition) is 3. The highest BCUT2D eigenvalue weighted by molar-refractivity contribution is 5.98. The number of hydrogen-bond acceptors (Lipinski definition) is 2. The largest absolute Gasteiger partial charge is 0.366 e. The van der Waals surface area contributed by atoms with Crippen molar-refractivity contribution in [3.63, 3.8) is 0 Å². The summed E-state index contributed by atoms with van der Waals surface area (Å²) in [6.45, 7) is -2.13. The fourth-order valence-electron chi connectivity index (χ4n) is 2.69. The molecule has 1 aliphatic carbocycles. The van der Waals surface area contributed by atoms with Crippen molar-refractivity contribution in [1.29, 1.82) is 0 Å². The summed E-state index contributed by atoms with van der Waals surface area (Å²) >= 11 is 0. The van der Waals surface area contributed by atoms with E-state index in [9.17, 15) is 4.79 Å². The summed E-state index contributed by atoms with van der Waals surface area (Å²) in [6, 6.07) is 5.25. The first-order valence-electron chi connectivity index (χ1n) is 7.54. The Kier molecular flexibility index (Phi) is 1.91. The van der Waals surface area contributed by atoms with Gasteiger partial charge in [0.25, 0.3) is 0 Å². The summed E-state index contributed by atoms with van der Waals surface area (Å²) in [6.07, 6.45) is 2.21. The van der Waals surface area contributed by atoms with Gasteiger partial charge in [-0.2, -0.15) is 0 Å². The lowest BCUT2D eigenvalue weighted by molar-refractivity contribution is 0.100. The second kappa shape index (κ2) is 4.14. The Morgan fingerprint density at radius 2 is 2.50 bits per heavy atom. The van der Waals surface area contributed by atoms with E-state index in [0.717, 1.165) is 35.0 Å². The van der Waals surface area contributed by atoms with Crippen LogP contribution in [0, 0.1) is 0 Å². The average Bonchev–Trinajstić information content (AvgIpc) is 2.74. The number of fused-ring (bicyclic) bond motifs is 3. The molecule has 94 valence electrons. The van der Waals surface area contributed by atoms with Crippen molar-refractivity contribution in [2.24, 2.45) is 5.73 Å². The van der Waals surface area contributed by atoms with Crippen LogP contribution in [-0.2, 0) is 12.8 Å². The molecule has 0 spiro atoms. The lowest BCUT2D eigenvalue weighted by Gasteiger charge is -2.21. The van der Waals surface area contributed by atoms with Crippen molar-refractivity contribution in [3.05, 3.63) is 35.0 Å². The van der Waals surface area contributed by atoms with Gasteiger partial charge in [0.05, 0.1) is 0 Å². The number of aryl methyl sites for hydroxylation is 1. The molecule has 4 N–H and O–H groups in total. The molecule has 1 heterocycles. The van der Waals surface area contributed by atoms with E-state index < -0.39 is 12.9 Å².